The number of thioether (sulfide) groups is 1. The number of carbonyl (C=O) groups is 1. The molecule has 30 heavy (non-hydrogen) atoms. The number of nitrogens with one attached hydrogen (secondary N) is 1. The molecular weight excluding hydrogens is 447 g/mol. The Morgan fingerprint density at radius 3 is 2.67 bits per heavy atom. The summed E-state index contributed by atoms with van der Waals surface area (Å²) in [5.74, 6) is 0.497. The van der Waals surface area contributed by atoms with E-state index in [1.165, 1.54) is 16.4 Å². The summed E-state index contributed by atoms with van der Waals surface area (Å²) in [6, 6.07) is 12.4. The SMILES string of the molecule is O=C(NCCSCc1ccccc1Cl)[C@H]1CCCN(S(=O)(=O)c2ccc(F)cc2)C1. The standard InChI is InChI=1S/C21H24ClFN2O3S2/c22-20-6-2-1-4-17(20)15-29-13-11-24-21(26)16-5-3-12-25(14-16)30(27,28)19-9-7-18(23)8-10-19/h1-2,4,6-10,16H,3,5,11-15H2,(H,24,26)/t16-/m0/s1. The predicted octanol–water partition coefficient (Wildman–Crippen LogP) is 3.93. The van der Waals surface area contributed by atoms with Gasteiger partial charge in [-0.05, 0) is 48.7 Å². The number of hydrogen-bond donors (Lipinski definition) is 1. The molecular formula is C21H24ClFN2O3S2. The van der Waals surface area contributed by atoms with Crippen LogP contribution in [0.15, 0.2) is 53.4 Å². The third-order valence-electron chi connectivity index (χ3n) is 4.97. The Labute approximate surface area is 186 Å². The summed E-state index contributed by atoms with van der Waals surface area (Å²) in [6.07, 6.45) is 1.26. The topological polar surface area (TPSA) is 66.5 Å². The number of nitrogens with zero attached hydrogens (tertiary/aromatic N) is 1. The van der Waals surface area contributed by atoms with Gasteiger partial charge in [-0.25, -0.2) is 12.8 Å². The van der Waals surface area contributed by atoms with Crippen molar-refractivity contribution in [1.82, 2.24) is 9.62 Å². The number of piperidine rings is 1. The molecule has 2 aromatic rings. The first kappa shape index (κ1) is 23.1. The summed E-state index contributed by atoms with van der Waals surface area (Å²) in [5.41, 5.74) is 1.06. The number of benzene rings is 2. The third kappa shape index (κ3) is 5.97. The minimum Gasteiger partial charge on any atom is -0.355 e. The van der Waals surface area contributed by atoms with E-state index in [0.717, 1.165) is 34.2 Å². The molecule has 1 fully saturated rings. The summed E-state index contributed by atoms with van der Waals surface area (Å²) in [7, 11) is -3.74. The van der Waals surface area contributed by atoms with Gasteiger partial charge >= 0.3 is 0 Å². The molecule has 1 heterocycles. The molecule has 0 spiro atoms. The van der Waals surface area contributed by atoms with E-state index in [-0.39, 0.29) is 23.3 Å². The van der Waals surface area contributed by atoms with Crippen LogP contribution in [0.25, 0.3) is 0 Å². The zero-order valence-corrected chi connectivity index (χ0v) is 18.8. The van der Waals surface area contributed by atoms with Crippen molar-refractivity contribution < 1.29 is 17.6 Å². The summed E-state index contributed by atoms with van der Waals surface area (Å²) in [5, 5.41) is 3.64. The van der Waals surface area contributed by atoms with Crippen molar-refractivity contribution in [3.8, 4) is 0 Å². The second kappa shape index (κ2) is 10.6. The van der Waals surface area contributed by atoms with E-state index in [0.29, 0.717) is 25.9 Å². The molecule has 0 aliphatic carbocycles. The van der Waals surface area contributed by atoms with Gasteiger partial charge in [-0.15, -0.1) is 0 Å². The van der Waals surface area contributed by atoms with Gasteiger partial charge in [-0.2, -0.15) is 16.1 Å². The fourth-order valence-corrected chi connectivity index (χ4v) is 5.99. The average Bonchev–Trinajstić information content (AvgIpc) is 2.75. The molecule has 3 rings (SSSR count). The van der Waals surface area contributed by atoms with Crippen LogP contribution in [0.5, 0.6) is 0 Å². The highest BCUT2D eigenvalue weighted by Crippen LogP contribution is 2.24. The van der Waals surface area contributed by atoms with E-state index in [9.17, 15) is 17.6 Å². The molecule has 162 valence electrons. The maximum Gasteiger partial charge on any atom is 0.243 e. The van der Waals surface area contributed by atoms with Gasteiger partial charge in [0.1, 0.15) is 5.82 Å². The van der Waals surface area contributed by atoms with Crippen LogP contribution in [0.4, 0.5) is 4.39 Å². The minimum absolute atomic E-state index is 0.0425. The Morgan fingerprint density at radius 1 is 1.20 bits per heavy atom. The lowest BCUT2D eigenvalue weighted by atomic mass is 9.99. The molecule has 1 aliphatic rings. The molecule has 1 aliphatic heterocycles. The molecule has 0 saturated carbocycles. The number of amides is 1. The molecule has 1 N–H and O–H groups in total. The second-order valence-corrected chi connectivity index (χ2v) is 10.5. The zero-order valence-electron chi connectivity index (χ0n) is 16.4. The molecule has 0 unspecified atom stereocenters. The van der Waals surface area contributed by atoms with Crippen molar-refractivity contribution in [3.05, 3.63) is 64.9 Å². The normalized spacial score (nSPS) is 17.6. The van der Waals surface area contributed by atoms with E-state index in [2.05, 4.69) is 5.32 Å². The van der Waals surface area contributed by atoms with Gasteiger partial charge in [0.15, 0.2) is 0 Å². The Morgan fingerprint density at radius 2 is 1.93 bits per heavy atom. The Bertz CT molecular complexity index is 970. The minimum atomic E-state index is -3.74. The molecule has 5 nitrogen and oxygen atoms in total. The van der Waals surface area contributed by atoms with Crippen LogP contribution in [0.2, 0.25) is 5.02 Å². The number of sulfonamides is 1. The van der Waals surface area contributed by atoms with Crippen LogP contribution < -0.4 is 5.32 Å². The zero-order chi connectivity index (χ0) is 21.6. The molecule has 0 bridgehead atoms. The van der Waals surface area contributed by atoms with Gasteiger partial charge in [0, 0.05) is 36.2 Å². The van der Waals surface area contributed by atoms with E-state index in [1.54, 1.807) is 11.8 Å². The predicted molar refractivity (Wildman–Crippen MR) is 119 cm³/mol. The fraction of sp³-hybridized carbons (Fsp3) is 0.381. The largest absolute Gasteiger partial charge is 0.355 e. The van der Waals surface area contributed by atoms with Crippen LogP contribution in [0, 0.1) is 11.7 Å². The maximum atomic E-state index is 13.1. The monoisotopic (exact) mass is 470 g/mol. The summed E-state index contributed by atoms with van der Waals surface area (Å²) in [6.45, 7) is 1.00. The molecule has 0 radical (unpaired) electrons. The van der Waals surface area contributed by atoms with E-state index >= 15 is 0 Å². The van der Waals surface area contributed by atoms with Gasteiger partial charge in [0.2, 0.25) is 15.9 Å². The van der Waals surface area contributed by atoms with Gasteiger partial charge in [0.25, 0.3) is 0 Å². The van der Waals surface area contributed by atoms with Crippen LogP contribution in [0.3, 0.4) is 0 Å². The molecule has 1 atom stereocenters. The van der Waals surface area contributed by atoms with Crippen molar-refractivity contribution >= 4 is 39.3 Å². The van der Waals surface area contributed by atoms with Crippen molar-refractivity contribution in [1.29, 1.82) is 0 Å². The third-order valence-corrected chi connectivity index (χ3v) is 8.22. The smallest absolute Gasteiger partial charge is 0.243 e. The number of carbonyl (C=O) groups excluding carboxylic acids is 1. The lowest BCUT2D eigenvalue weighted by molar-refractivity contribution is -0.125. The van der Waals surface area contributed by atoms with Crippen molar-refractivity contribution in [2.24, 2.45) is 5.92 Å². The van der Waals surface area contributed by atoms with Crippen molar-refractivity contribution in [3.63, 3.8) is 0 Å². The van der Waals surface area contributed by atoms with Gasteiger partial charge in [0.05, 0.1) is 10.8 Å². The van der Waals surface area contributed by atoms with Crippen molar-refractivity contribution in [2.75, 3.05) is 25.4 Å². The first-order valence-electron chi connectivity index (χ1n) is 9.72. The number of rotatable bonds is 8. The van der Waals surface area contributed by atoms with Gasteiger partial charge in [-0.1, -0.05) is 29.8 Å². The summed E-state index contributed by atoms with van der Waals surface area (Å²) in [4.78, 5) is 12.6. The Balaban J connectivity index is 1.47. The highest BCUT2D eigenvalue weighted by Gasteiger charge is 2.33. The molecule has 1 amide bonds. The molecule has 0 aromatic heterocycles. The van der Waals surface area contributed by atoms with Crippen LogP contribution in [0.1, 0.15) is 18.4 Å². The van der Waals surface area contributed by atoms with Gasteiger partial charge in [-0.3, -0.25) is 4.79 Å². The molecule has 1 saturated heterocycles. The Hall–Kier alpha value is -1.61. The lowest BCUT2D eigenvalue weighted by Gasteiger charge is -2.31. The summed E-state index contributed by atoms with van der Waals surface area (Å²) < 4.78 is 40.0. The highest BCUT2D eigenvalue weighted by molar-refractivity contribution is 7.98. The second-order valence-electron chi connectivity index (χ2n) is 7.09. The van der Waals surface area contributed by atoms with E-state index in [4.69, 9.17) is 11.6 Å². The van der Waals surface area contributed by atoms with Crippen LogP contribution >= 0.6 is 23.4 Å². The summed E-state index contributed by atoms with van der Waals surface area (Å²) >= 11 is 7.81. The quantitative estimate of drug-likeness (QED) is 0.593. The van der Waals surface area contributed by atoms with Crippen LogP contribution in [-0.4, -0.2) is 44.0 Å². The number of halogens is 2. The Kier molecular flexibility index (Phi) is 8.16. The van der Waals surface area contributed by atoms with Gasteiger partial charge < -0.3 is 5.32 Å². The maximum absolute atomic E-state index is 13.1. The molecule has 2 aromatic carbocycles. The molecule has 9 heteroatoms. The van der Waals surface area contributed by atoms with Crippen molar-refractivity contribution in [2.45, 2.75) is 23.5 Å². The van der Waals surface area contributed by atoms with E-state index < -0.39 is 15.8 Å². The first-order chi connectivity index (χ1) is 14.4. The highest BCUT2D eigenvalue weighted by atomic mass is 35.5. The lowest BCUT2D eigenvalue weighted by Crippen LogP contribution is -2.45. The average molecular weight is 471 g/mol. The number of hydrogen-bond acceptors (Lipinski definition) is 4. The first-order valence-corrected chi connectivity index (χ1v) is 12.7. The van der Waals surface area contributed by atoms with E-state index in [1.807, 2.05) is 24.3 Å². The fourth-order valence-electron chi connectivity index (χ4n) is 3.32. The van der Waals surface area contributed by atoms with Crippen LogP contribution in [-0.2, 0) is 20.6 Å².